The third-order valence-electron chi connectivity index (χ3n) is 6.47. The number of aromatic amines is 1. The molecule has 2 saturated carbocycles. The summed E-state index contributed by atoms with van der Waals surface area (Å²) in [5, 5.41) is 7.11. The molecule has 0 bridgehead atoms. The van der Waals surface area contributed by atoms with E-state index in [0.29, 0.717) is 5.82 Å². The molecule has 0 spiro atoms. The molecule has 0 saturated heterocycles. The molecule has 6 heteroatoms. The van der Waals surface area contributed by atoms with Crippen molar-refractivity contribution in [3.63, 3.8) is 0 Å². The summed E-state index contributed by atoms with van der Waals surface area (Å²) >= 11 is 0. The number of nitrogens with zero attached hydrogens (tertiary/aromatic N) is 1. The summed E-state index contributed by atoms with van der Waals surface area (Å²) in [7, 11) is 0. The molecule has 1 aromatic carbocycles. The lowest BCUT2D eigenvalue weighted by molar-refractivity contribution is -0.120. The van der Waals surface area contributed by atoms with E-state index in [1.807, 2.05) is 36.5 Å². The number of aromatic nitrogens is 2. The zero-order chi connectivity index (χ0) is 21.2. The van der Waals surface area contributed by atoms with Gasteiger partial charge in [-0.3, -0.25) is 9.59 Å². The van der Waals surface area contributed by atoms with Gasteiger partial charge in [-0.05, 0) is 49.4 Å². The Kier molecular flexibility index (Phi) is 5.45. The number of hydrogen-bond acceptors (Lipinski definition) is 3. The molecule has 2 aliphatic rings. The van der Waals surface area contributed by atoms with E-state index < -0.39 is 0 Å². The van der Waals surface area contributed by atoms with Crippen molar-refractivity contribution in [2.75, 3.05) is 10.6 Å². The van der Waals surface area contributed by atoms with Crippen LogP contribution >= 0.6 is 0 Å². The van der Waals surface area contributed by atoms with E-state index in [9.17, 15) is 9.59 Å². The number of anilines is 2. The first-order valence-electron chi connectivity index (χ1n) is 11.4. The normalized spacial score (nSPS) is 17.3. The van der Waals surface area contributed by atoms with Crippen LogP contribution in [0.2, 0.25) is 0 Å². The Morgan fingerprint density at radius 3 is 2.42 bits per heavy atom. The standard InChI is InChI=1S/C25H28N4O2/c30-24(16-6-3-1-2-4-7-16)28-21-9-5-8-19-20(15-27-23(19)21)18-12-13-26-22(14-18)29-25(31)17-10-11-17/h5,8-9,12-17,27H,1-4,6-7,10-11H2,(H,28,30)(H,26,29,31). The third kappa shape index (κ3) is 4.33. The van der Waals surface area contributed by atoms with Crippen LogP contribution in [0.15, 0.2) is 42.7 Å². The highest BCUT2D eigenvalue weighted by Gasteiger charge is 2.29. The number of rotatable bonds is 5. The molecule has 0 aliphatic heterocycles. The molecule has 2 aromatic heterocycles. The van der Waals surface area contributed by atoms with Crippen LogP contribution < -0.4 is 10.6 Å². The van der Waals surface area contributed by atoms with Gasteiger partial charge >= 0.3 is 0 Å². The number of pyridine rings is 1. The SMILES string of the molecule is O=C(Nc1cc(-c2c[nH]c3c(NC(=O)C4CCCCCC4)cccc23)ccn1)C1CC1. The van der Waals surface area contributed by atoms with Gasteiger partial charge in [0.2, 0.25) is 11.8 Å². The Bertz CT molecular complexity index is 1110. The summed E-state index contributed by atoms with van der Waals surface area (Å²) in [6.45, 7) is 0. The van der Waals surface area contributed by atoms with Gasteiger partial charge < -0.3 is 15.6 Å². The number of nitrogens with one attached hydrogen (secondary N) is 3. The van der Waals surface area contributed by atoms with Gasteiger partial charge in [-0.2, -0.15) is 0 Å². The van der Waals surface area contributed by atoms with Crippen molar-refractivity contribution in [1.29, 1.82) is 0 Å². The summed E-state index contributed by atoms with van der Waals surface area (Å²) in [5.41, 5.74) is 3.72. The summed E-state index contributed by atoms with van der Waals surface area (Å²) in [6, 6.07) is 9.81. The van der Waals surface area contributed by atoms with Crippen molar-refractivity contribution in [3.8, 4) is 11.1 Å². The number of carbonyl (C=O) groups is 2. The molecule has 6 nitrogen and oxygen atoms in total. The largest absolute Gasteiger partial charge is 0.359 e. The van der Waals surface area contributed by atoms with Gasteiger partial charge in [0.1, 0.15) is 5.82 Å². The fourth-order valence-electron chi connectivity index (χ4n) is 4.51. The van der Waals surface area contributed by atoms with Crippen LogP contribution in [0.25, 0.3) is 22.0 Å². The van der Waals surface area contributed by atoms with E-state index in [1.54, 1.807) is 6.20 Å². The first-order chi connectivity index (χ1) is 15.2. The van der Waals surface area contributed by atoms with Gasteiger partial charge in [0.25, 0.3) is 0 Å². The van der Waals surface area contributed by atoms with Crippen molar-refractivity contribution in [2.24, 2.45) is 11.8 Å². The Morgan fingerprint density at radius 2 is 1.65 bits per heavy atom. The maximum Gasteiger partial charge on any atom is 0.228 e. The fraction of sp³-hybridized carbons (Fsp3) is 0.400. The zero-order valence-electron chi connectivity index (χ0n) is 17.6. The Balaban J connectivity index is 1.39. The molecular weight excluding hydrogens is 388 g/mol. The van der Waals surface area contributed by atoms with Crippen molar-refractivity contribution in [3.05, 3.63) is 42.7 Å². The van der Waals surface area contributed by atoms with Gasteiger partial charge in [-0.25, -0.2) is 4.98 Å². The smallest absolute Gasteiger partial charge is 0.228 e. The number of fused-ring (bicyclic) bond motifs is 1. The van der Waals surface area contributed by atoms with Crippen LogP contribution in [0, 0.1) is 11.8 Å². The number of H-pyrrole nitrogens is 1. The van der Waals surface area contributed by atoms with Crippen LogP contribution in [-0.2, 0) is 9.59 Å². The van der Waals surface area contributed by atoms with Gasteiger partial charge in [-0.15, -0.1) is 0 Å². The summed E-state index contributed by atoms with van der Waals surface area (Å²) in [4.78, 5) is 32.6. The maximum absolute atomic E-state index is 12.9. The molecule has 3 aromatic rings. The first-order valence-corrected chi connectivity index (χ1v) is 11.4. The minimum atomic E-state index is 0.0482. The number of para-hydroxylation sites is 1. The zero-order valence-corrected chi connectivity index (χ0v) is 17.6. The fourth-order valence-corrected chi connectivity index (χ4v) is 4.51. The van der Waals surface area contributed by atoms with Gasteiger partial charge in [0, 0.05) is 35.2 Å². The maximum atomic E-state index is 12.9. The molecule has 2 fully saturated rings. The Labute approximate surface area is 181 Å². The minimum absolute atomic E-state index is 0.0482. The Morgan fingerprint density at radius 1 is 0.903 bits per heavy atom. The van der Waals surface area contributed by atoms with Gasteiger partial charge in [0.05, 0.1) is 11.2 Å². The molecule has 160 valence electrons. The van der Waals surface area contributed by atoms with E-state index >= 15 is 0 Å². The highest BCUT2D eigenvalue weighted by atomic mass is 16.2. The predicted molar refractivity (Wildman–Crippen MR) is 123 cm³/mol. The van der Waals surface area contributed by atoms with Crippen LogP contribution in [0.5, 0.6) is 0 Å². The monoisotopic (exact) mass is 416 g/mol. The van der Waals surface area contributed by atoms with Crippen LogP contribution in [0.1, 0.15) is 51.4 Å². The van der Waals surface area contributed by atoms with Crippen LogP contribution in [0.4, 0.5) is 11.5 Å². The van der Waals surface area contributed by atoms with Crippen LogP contribution in [0.3, 0.4) is 0 Å². The number of amides is 2. The van der Waals surface area contributed by atoms with Crippen molar-refractivity contribution < 1.29 is 9.59 Å². The number of hydrogen-bond donors (Lipinski definition) is 3. The summed E-state index contributed by atoms with van der Waals surface area (Å²) < 4.78 is 0. The second-order valence-electron chi connectivity index (χ2n) is 8.80. The van der Waals surface area contributed by atoms with E-state index in [2.05, 4.69) is 20.6 Å². The molecule has 5 rings (SSSR count). The topological polar surface area (TPSA) is 86.9 Å². The van der Waals surface area contributed by atoms with Gasteiger partial charge in [0.15, 0.2) is 0 Å². The average molecular weight is 417 g/mol. The lowest BCUT2D eigenvalue weighted by Gasteiger charge is -2.14. The summed E-state index contributed by atoms with van der Waals surface area (Å²) in [5.74, 6) is 0.983. The molecule has 0 unspecified atom stereocenters. The molecule has 3 N–H and O–H groups in total. The van der Waals surface area contributed by atoms with Crippen LogP contribution in [-0.4, -0.2) is 21.8 Å². The van der Waals surface area contributed by atoms with Crippen molar-refractivity contribution >= 4 is 34.2 Å². The highest BCUT2D eigenvalue weighted by molar-refractivity contribution is 6.06. The van der Waals surface area contributed by atoms with E-state index in [-0.39, 0.29) is 23.7 Å². The van der Waals surface area contributed by atoms with E-state index in [1.165, 1.54) is 12.8 Å². The molecule has 2 aliphatic carbocycles. The quantitative estimate of drug-likeness (QED) is 0.481. The number of benzene rings is 1. The molecule has 2 amide bonds. The highest BCUT2D eigenvalue weighted by Crippen LogP contribution is 2.34. The van der Waals surface area contributed by atoms with Crippen molar-refractivity contribution in [1.82, 2.24) is 9.97 Å². The minimum Gasteiger partial charge on any atom is -0.359 e. The number of carbonyl (C=O) groups excluding carboxylic acids is 2. The second kappa shape index (κ2) is 8.53. The summed E-state index contributed by atoms with van der Waals surface area (Å²) in [6.07, 6.45) is 12.3. The molecule has 0 atom stereocenters. The van der Waals surface area contributed by atoms with E-state index in [0.717, 1.165) is 66.2 Å². The van der Waals surface area contributed by atoms with E-state index in [4.69, 9.17) is 0 Å². The first kappa shape index (κ1) is 19.8. The Hall–Kier alpha value is -3.15. The molecule has 2 heterocycles. The van der Waals surface area contributed by atoms with Crippen molar-refractivity contribution in [2.45, 2.75) is 51.4 Å². The average Bonchev–Trinajstić information content (AvgIpc) is 3.58. The third-order valence-corrected chi connectivity index (χ3v) is 6.47. The lowest BCUT2D eigenvalue weighted by Crippen LogP contribution is -2.22. The molecule has 31 heavy (non-hydrogen) atoms. The lowest BCUT2D eigenvalue weighted by atomic mass is 9.99. The van der Waals surface area contributed by atoms with Gasteiger partial charge in [-0.1, -0.05) is 37.8 Å². The second-order valence-corrected chi connectivity index (χ2v) is 8.80. The molecule has 0 radical (unpaired) electrons. The molecular formula is C25H28N4O2. The predicted octanol–water partition coefficient (Wildman–Crippen LogP) is 5.49.